The summed E-state index contributed by atoms with van der Waals surface area (Å²) in [5, 5.41) is 8.84. The van der Waals surface area contributed by atoms with E-state index >= 15 is 0 Å². The number of carbonyl (C=O) groups excluding carboxylic acids is 1. The Labute approximate surface area is 121 Å². The Hall–Kier alpha value is -1.30. The molecule has 20 heavy (non-hydrogen) atoms. The second-order valence-electron chi connectivity index (χ2n) is 6.52. The smallest absolute Gasteiger partial charge is 0.320 e. The molecule has 1 N–H and O–H groups in total. The first-order valence-electron chi connectivity index (χ1n) is 7.11. The summed E-state index contributed by atoms with van der Waals surface area (Å²) in [5.74, 6) is -0.876. The molecule has 0 aliphatic carbocycles. The summed E-state index contributed by atoms with van der Waals surface area (Å²) in [4.78, 5) is 29.1. The Morgan fingerprint density at radius 2 is 1.90 bits per heavy atom. The van der Waals surface area contributed by atoms with Crippen molar-refractivity contribution >= 4 is 12.0 Å². The fraction of sp³-hybridized carbons (Fsp3) is 0.857. The van der Waals surface area contributed by atoms with Crippen LogP contribution in [0.3, 0.4) is 0 Å². The number of carboxylic acid groups (broad SMARTS) is 1. The molecule has 0 bridgehead atoms. The van der Waals surface area contributed by atoms with E-state index in [0.717, 1.165) is 6.54 Å². The monoisotopic (exact) mass is 285 g/mol. The SMILES string of the molecule is CC1CN(C(=O)N(CCC(=O)O)C(C)(C)C)CCN1C. The minimum Gasteiger partial charge on any atom is -0.481 e. The summed E-state index contributed by atoms with van der Waals surface area (Å²) in [6.45, 7) is 10.4. The summed E-state index contributed by atoms with van der Waals surface area (Å²) in [7, 11) is 2.05. The Kier molecular flexibility index (Phi) is 5.39. The predicted octanol–water partition coefficient (Wildman–Crippen LogP) is 1.32. The maximum atomic E-state index is 12.7. The summed E-state index contributed by atoms with van der Waals surface area (Å²) in [5.41, 5.74) is -0.376. The zero-order valence-corrected chi connectivity index (χ0v) is 13.2. The molecule has 6 heteroatoms. The topological polar surface area (TPSA) is 64.1 Å². The van der Waals surface area contributed by atoms with Crippen molar-refractivity contribution in [2.75, 3.05) is 33.2 Å². The summed E-state index contributed by atoms with van der Waals surface area (Å²) in [6, 6.07) is 0.271. The Balaban J connectivity index is 2.75. The third-order valence-electron chi connectivity index (χ3n) is 3.82. The molecule has 116 valence electrons. The van der Waals surface area contributed by atoms with Crippen molar-refractivity contribution in [2.45, 2.75) is 45.7 Å². The minimum atomic E-state index is -0.876. The van der Waals surface area contributed by atoms with Gasteiger partial charge in [-0.15, -0.1) is 0 Å². The molecule has 1 fully saturated rings. The second kappa shape index (κ2) is 6.43. The maximum Gasteiger partial charge on any atom is 0.320 e. The van der Waals surface area contributed by atoms with Crippen molar-refractivity contribution in [3.8, 4) is 0 Å². The molecule has 0 spiro atoms. The highest BCUT2D eigenvalue weighted by atomic mass is 16.4. The van der Waals surface area contributed by atoms with Crippen LogP contribution in [0.4, 0.5) is 4.79 Å². The van der Waals surface area contributed by atoms with Crippen molar-refractivity contribution in [1.29, 1.82) is 0 Å². The van der Waals surface area contributed by atoms with Crippen LogP contribution in [-0.2, 0) is 4.79 Å². The third-order valence-corrected chi connectivity index (χ3v) is 3.82. The first kappa shape index (κ1) is 16.8. The summed E-state index contributed by atoms with van der Waals surface area (Å²) in [6.07, 6.45) is -0.0215. The standard InChI is InChI=1S/C14H27N3O3/c1-11-10-16(9-8-15(11)5)13(20)17(14(2,3)4)7-6-12(18)19/h11H,6-10H2,1-5H3,(H,18,19). The fourth-order valence-corrected chi connectivity index (χ4v) is 2.32. The van der Waals surface area contributed by atoms with E-state index in [9.17, 15) is 9.59 Å². The van der Waals surface area contributed by atoms with Crippen LogP contribution >= 0.6 is 0 Å². The average molecular weight is 285 g/mol. The van der Waals surface area contributed by atoms with E-state index in [1.165, 1.54) is 0 Å². The van der Waals surface area contributed by atoms with E-state index in [4.69, 9.17) is 5.11 Å². The van der Waals surface area contributed by atoms with Crippen molar-refractivity contribution in [2.24, 2.45) is 0 Å². The number of amides is 2. The van der Waals surface area contributed by atoms with E-state index in [1.54, 1.807) is 4.90 Å². The zero-order chi connectivity index (χ0) is 15.5. The van der Waals surface area contributed by atoms with E-state index < -0.39 is 5.97 Å². The van der Waals surface area contributed by atoms with Gasteiger partial charge < -0.3 is 19.8 Å². The molecule has 1 rings (SSSR count). The van der Waals surface area contributed by atoms with Gasteiger partial charge in [-0.3, -0.25) is 4.79 Å². The molecule has 1 unspecified atom stereocenters. The molecule has 1 aliphatic rings. The minimum absolute atomic E-state index is 0.0215. The van der Waals surface area contributed by atoms with Crippen LogP contribution in [0.25, 0.3) is 0 Å². The van der Waals surface area contributed by atoms with Crippen LogP contribution in [-0.4, -0.2) is 76.6 Å². The Morgan fingerprint density at radius 1 is 1.30 bits per heavy atom. The second-order valence-corrected chi connectivity index (χ2v) is 6.52. The van der Waals surface area contributed by atoms with Crippen molar-refractivity contribution in [3.63, 3.8) is 0 Å². The number of carbonyl (C=O) groups is 2. The molecular weight excluding hydrogens is 258 g/mol. The van der Waals surface area contributed by atoms with Gasteiger partial charge in [-0.05, 0) is 34.7 Å². The first-order chi connectivity index (χ1) is 9.12. The fourth-order valence-electron chi connectivity index (χ4n) is 2.32. The van der Waals surface area contributed by atoms with Gasteiger partial charge in [0.15, 0.2) is 0 Å². The molecule has 0 radical (unpaired) electrons. The number of urea groups is 1. The van der Waals surface area contributed by atoms with Gasteiger partial charge in [-0.1, -0.05) is 0 Å². The Bertz CT molecular complexity index is 365. The molecule has 1 saturated heterocycles. The molecule has 0 aromatic carbocycles. The van der Waals surface area contributed by atoms with Crippen LogP contribution in [0.15, 0.2) is 0 Å². The number of piperazine rings is 1. The highest BCUT2D eigenvalue weighted by Crippen LogP contribution is 2.18. The first-order valence-corrected chi connectivity index (χ1v) is 7.11. The Morgan fingerprint density at radius 3 is 2.35 bits per heavy atom. The number of rotatable bonds is 3. The van der Waals surface area contributed by atoms with Crippen LogP contribution in [0.5, 0.6) is 0 Å². The lowest BCUT2D eigenvalue weighted by Crippen LogP contribution is -2.58. The lowest BCUT2D eigenvalue weighted by atomic mass is 10.1. The molecular formula is C14H27N3O3. The van der Waals surface area contributed by atoms with Gasteiger partial charge in [0.1, 0.15) is 0 Å². The largest absolute Gasteiger partial charge is 0.481 e. The van der Waals surface area contributed by atoms with Gasteiger partial charge in [0, 0.05) is 37.8 Å². The molecule has 0 aromatic heterocycles. The van der Waals surface area contributed by atoms with E-state index in [-0.39, 0.29) is 24.5 Å². The molecule has 0 saturated carbocycles. The van der Waals surface area contributed by atoms with Gasteiger partial charge in [0.05, 0.1) is 6.42 Å². The highest BCUT2D eigenvalue weighted by Gasteiger charge is 2.33. The molecule has 1 heterocycles. The van der Waals surface area contributed by atoms with Crippen molar-refractivity contribution in [3.05, 3.63) is 0 Å². The lowest BCUT2D eigenvalue weighted by molar-refractivity contribution is -0.137. The van der Waals surface area contributed by atoms with Crippen LogP contribution in [0.2, 0.25) is 0 Å². The quantitative estimate of drug-likeness (QED) is 0.849. The van der Waals surface area contributed by atoms with Crippen LogP contribution < -0.4 is 0 Å². The van der Waals surface area contributed by atoms with Gasteiger partial charge >= 0.3 is 12.0 Å². The highest BCUT2D eigenvalue weighted by molar-refractivity contribution is 5.76. The third kappa shape index (κ3) is 4.37. The molecule has 6 nitrogen and oxygen atoms in total. The summed E-state index contributed by atoms with van der Waals surface area (Å²) < 4.78 is 0. The van der Waals surface area contributed by atoms with E-state index in [2.05, 4.69) is 18.9 Å². The average Bonchev–Trinajstić information content (AvgIpc) is 2.30. The maximum absolute atomic E-state index is 12.7. The lowest BCUT2D eigenvalue weighted by Gasteiger charge is -2.43. The van der Waals surface area contributed by atoms with Crippen LogP contribution in [0, 0.1) is 0 Å². The number of hydrogen-bond donors (Lipinski definition) is 1. The number of nitrogens with zero attached hydrogens (tertiary/aromatic N) is 3. The predicted molar refractivity (Wildman–Crippen MR) is 77.8 cm³/mol. The van der Waals surface area contributed by atoms with Gasteiger partial charge in [-0.25, -0.2) is 4.79 Å². The van der Waals surface area contributed by atoms with E-state index in [1.807, 2.05) is 25.7 Å². The van der Waals surface area contributed by atoms with Gasteiger partial charge in [0.2, 0.25) is 0 Å². The van der Waals surface area contributed by atoms with Gasteiger partial charge in [-0.2, -0.15) is 0 Å². The van der Waals surface area contributed by atoms with Crippen molar-refractivity contribution in [1.82, 2.24) is 14.7 Å². The van der Waals surface area contributed by atoms with Gasteiger partial charge in [0.25, 0.3) is 0 Å². The molecule has 1 atom stereocenters. The normalized spacial score (nSPS) is 20.9. The number of hydrogen-bond acceptors (Lipinski definition) is 3. The summed E-state index contributed by atoms with van der Waals surface area (Å²) >= 11 is 0. The van der Waals surface area contributed by atoms with E-state index in [0.29, 0.717) is 19.1 Å². The van der Waals surface area contributed by atoms with Crippen LogP contribution in [0.1, 0.15) is 34.1 Å². The zero-order valence-electron chi connectivity index (χ0n) is 13.2. The van der Waals surface area contributed by atoms with Crippen molar-refractivity contribution < 1.29 is 14.7 Å². The molecule has 1 aliphatic heterocycles. The number of aliphatic carboxylic acids is 1. The molecule has 2 amide bonds. The number of carboxylic acids is 1. The molecule has 0 aromatic rings. The number of likely N-dealkylation sites (N-methyl/N-ethyl adjacent to an activating group) is 1.